The van der Waals surface area contributed by atoms with Crippen molar-refractivity contribution in [2.24, 2.45) is 0 Å². The lowest BCUT2D eigenvalue weighted by atomic mass is 9.70. The molecule has 0 radical (unpaired) electrons. The number of nitrogens with zero attached hydrogens (tertiary/aromatic N) is 2. The van der Waals surface area contributed by atoms with E-state index < -0.39 is 10.8 Å². The van der Waals surface area contributed by atoms with Crippen molar-refractivity contribution in [2.45, 2.75) is 38.5 Å². The van der Waals surface area contributed by atoms with E-state index in [0.29, 0.717) is 0 Å². The molecular weight excluding hydrogens is 1130 g/mol. The normalized spacial score (nSPS) is 15.3. The molecule has 0 saturated carbocycles. The average Bonchev–Trinajstić information content (AvgIpc) is 1.51. The van der Waals surface area contributed by atoms with Crippen LogP contribution >= 0.6 is 0 Å². The summed E-state index contributed by atoms with van der Waals surface area (Å²) in [5.41, 5.74) is 39.3. The van der Waals surface area contributed by atoms with Gasteiger partial charge in [-0.05, 0) is 231 Å². The summed E-state index contributed by atoms with van der Waals surface area (Å²) in [4.78, 5) is 11.1. The molecule has 0 amide bonds. The molecule has 18 rings (SSSR count). The zero-order chi connectivity index (χ0) is 62.8. The Bertz CT molecular complexity index is 5060. The minimum absolute atomic E-state index is 0.752. The Balaban J connectivity index is 0.884. The predicted octanol–water partition coefficient (Wildman–Crippen LogP) is 22.1. The van der Waals surface area contributed by atoms with Gasteiger partial charge >= 0.3 is 0 Å². The topological polar surface area (TPSA) is 25.8 Å². The first-order chi connectivity index (χ1) is 46.3. The van der Waals surface area contributed by atoms with Crippen LogP contribution in [0.4, 0.5) is 0 Å². The number of pyridine rings is 2. The molecular formula is C92H64N2. The Morgan fingerprint density at radius 3 is 0.798 bits per heavy atom. The van der Waals surface area contributed by atoms with Gasteiger partial charge in [-0.3, -0.25) is 9.97 Å². The van der Waals surface area contributed by atoms with Gasteiger partial charge in [-0.2, -0.15) is 0 Å². The Morgan fingerprint density at radius 1 is 0.213 bits per heavy atom. The average molecular weight is 1200 g/mol. The molecule has 0 saturated heterocycles. The van der Waals surface area contributed by atoms with E-state index in [-0.39, 0.29) is 0 Å². The predicted molar refractivity (Wildman–Crippen MR) is 388 cm³/mol. The Labute approximate surface area is 550 Å². The molecule has 4 aliphatic rings. The summed E-state index contributed by atoms with van der Waals surface area (Å²) in [5, 5.41) is 0. The van der Waals surface area contributed by atoms with E-state index in [4.69, 9.17) is 9.97 Å². The van der Waals surface area contributed by atoms with Crippen LogP contribution in [-0.2, 0) is 10.8 Å². The number of hydrogen-bond acceptors (Lipinski definition) is 2. The van der Waals surface area contributed by atoms with Crippen molar-refractivity contribution in [3.05, 3.63) is 427 Å². The van der Waals surface area contributed by atoms with Gasteiger partial charge in [0.2, 0.25) is 0 Å². The highest BCUT2D eigenvalue weighted by Crippen LogP contribution is 2.66. The summed E-state index contributed by atoms with van der Waals surface area (Å²) in [6.45, 7) is 9.04. The molecule has 0 N–H and O–H groups in total. The monoisotopic (exact) mass is 1200 g/mol. The third-order valence-electron chi connectivity index (χ3n) is 21.0. The number of rotatable bonds is 9. The van der Waals surface area contributed by atoms with Crippen LogP contribution in [0, 0.1) is 27.7 Å². The van der Waals surface area contributed by atoms with Gasteiger partial charge in [0.1, 0.15) is 0 Å². The van der Waals surface area contributed by atoms with Gasteiger partial charge in [0.05, 0.1) is 22.2 Å². The van der Waals surface area contributed by atoms with Crippen LogP contribution in [0.25, 0.3) is 77.9 Å². The Hall–Kier alpha value is -11.6. The van der Waals surface area contributed by atoms with E-state index in [0.717, 1.165) is 44.8 Å². The fraction of sp³-hybridized carbons (Fsp3) is 0.0652. The molecule has 2 aromatic heterocycles. The first-order valence-corrected chi connectivity index (χ1v) is 32.8. The quantitative estimate of drug-likeness (QED) is 0.135. The highest BCUT2D eigenvalue weighted by atomic mass is 14.8. The number of aromatic nitrogens is 2. The van der Waals surface area contributed by atoms with Crippen LogP contribution in [0.3, 0.4) is 0 Å². The highest BCUT2D eigenvalue weighted by Gasteiger charge is 2.55. The molecule has 0 bridgehead atoms. The van der Waals surface area contributed by atoms with Crippen molar-refractivity contribution in [1.29, 1.82) is 0 Å². The summed E-state index contributed by atoms with van der Waals surface area (Å²) in [6.07, 6.45) is 4.02. The molecule has 14 aromatic rings. The fourth-order valence-electron chi connectivity index (χ4n) is 16.7. The van der Waals surface area contributed by atoms with Gasteiger partial charge < -0.3 is 0 Å². The van der Waals surface area contributed by atoms with Crippen molar-refractivity contribution in [2.75, 3.05) is 0 Å². The maximum Gasteiger partial charge on any atom is 0.0898 e. The molecule has 2 nitrogen and oxygen atoms in total. The van der Waals surface area contributed by atoms with E-state index in [1.807, 2.05) is 12.4 Å². The molecule has 4 aliphatic carbocycles. The van der Waals surface area contributed by atoms with E-state index in [1.54, 1.807) is 0 Å². The standard InChI is InChI=1S/C92H64N2/c1-57-49-77-75-37-23-47-93-89(75)91(79(77)51-59(57)3)81-53-67(39-43-71(81)73-45-41-69(55-83(73)91)87(65-33-19-9-20-34-65)85(61-25-11-5-12-26-61)62-27-13-6-14-28-62)68-40-44-72-74-46-42-70(88(66-35-21-10-22-36-66)86(63-29-15-7-16-30-63)64-31-17-8-18-32-64)56-84(74)92(82(72)54-68)80-52-60(4)58(2)50-78(80)76-38-24-48-94-90(76)92/h5-56H,1-4H3/t91-,92-/m1/s1. The smallest absolute Gasteiger partial charge is 0.0898 e. The van der Waals surface area contributed by atoms with E-state index in [9.17, 15) is 0 Å². The molecule has 0 unspecified atom stereocenters. The number of hydrogen-bond donors (Lipinski definition) is 0. The second-order valence-electron chi connectivity index (χ2n) is 26.0. The summed E-state index contributed by atoms with van der Waals surface area (Å²) in [5.74, 6) is 0. The molecule has 2 spiro atoms. The van der Waals surface area contributed by atoms with E-state index in [1.165, 1.54) is 145 Å². The van der Waals surface area contributed by atoms with Gasteiger partial charge in [0, 0.05) is 23.5 Å². The van der Waals surface area contributed by atoms with Gasteiger partial charge in [0.15, 0.2) is 0 Å². The van der Waals surface area contributed by atoms with Gasteiger partial charge in [-0.1, -0.05) is 267 Å². The van der Waals surface area contributed by atoms with Crippen LogP contribution in [0.5, 0.6) is 0 Å². The Kier molecular flexibility index (Phi) is 12.7. The maximum absolute atomic E-state index is 5.57. The first-order valence-electron chi connectivity index (χ1n) is 32.8. The minimum Gasteiger partial charge on any atom is -0.259 e. The number of fused-ring (bicyclic) bond motifs is 20. The number of benzene rings is 12. The van der Waals surface area contributed by atoms with Crippen molar-refractivity contribution < 1.29 is 0 Å². The second kappa shape index (κ2) is 21.5. The molecule has 2 atom stereocenters. The second-order valence-corrected chi connectivity index (χ2v) is 26.0. The lowest BCUT2D eigenvalue weighted by Gasteiger charge is -2.31. The fourth-order valence-corrected chi connectivity index (χ4v) is 16.7. The largest absolute Gasteiger partial charge is 0.259 e. The van der Waals surface area contributed by atoms with E-state index >= 15 is 0 Å². The van der Waals surface area contributed by atoms with Gasteiger partial charge in [0.25, 0.3) is 0 Å². The first kappa shape index (κ1) is 55.3. The van der Waals surface area contributed by atoms with Crippen LogP contribution in [0.1, 0.15) is 112 Å². The molecule has 2 heteroatoms. The molecule has 0 aliphatic heterocycles. The molecule has 2 heterocycles. The number of aryl methyl sites for hydroxylation is 4. The molecule has 94 heavy (non-hydrogen) atoms. The third-order valence-corrected chi connectivity index (χ3v) is 21.0. The molecule has 442 valence electrons. The molecule has 0 fully saturated rings. The van der Waals surface area contributed by atoms with Crippen molar-refractivity contribution >= 4 is 22.3 Å². The van der Waals surface area contributed by atoms with Crippen molar-refractivity contribution in [3.63, 3.8) is 0 Å². The van der Waals surface area contributed by atoms with Crippen LogP contribution in [-0.4, -0.2) is 9.97 Å². The summed E-state index contributed by atoms with van der Waals surface area (Å²) in [7, 11) is 0. The molecule has 12 aromatic carbocycles. The van der Waals surface area contributed by atoms with Gasteiger partial charge in [-0.15, -0.1) is 0 Å². The zero-order valence-electron chi connectivity index (χ0n) is 52.9. The lowest BCUT2D eigenvalue weighted by molar-refractivity contribution is 0.758. The highest BCUT2D eigenvalue weighted by molar-refractivity contribution is 6.08. The summed E-state index contributed by atoms with van der Waals surface area (Å²) >= 11 is 0. The van der Waals surface area contributed by atoms with Gasteiger partial charge in [-0.25, -0.2) is 0 Å². The maximum atomic E-state index is 5.57. The zero-order valence-corrected chi connectivity index (χ0v) is 52.9. The summed E-state index contributed by atoms with van der Waals surface area (Å²) < 4.78 is 0. The van der Waals surface area contributed by atoms with Crippen molar-refractivity contribution in [3.8, 4) is 55.6 Å². The van der Waals surface area contributed by atoms with E-state index in [2.05, 4.69) is 331 Å². The van der Waals surface area contributed by atoms with Crippen LogP contribution in [0.15, 0.2) is 316 Å². The van der Waals surface area contributed by atoms with Crippen LogP contribution in [0.2, 0.25) is 0 Å². The van der Waals surface area contributed by atoms with Crippen molar-refractivity contribution in [1.82, 2.24) is 9.97 Å². The SMILES string of the molecule is Cc1cc2c(cc1C)[C@@]1(c3cc(C(=C(c4ccccc4)c4ccccc4)c4ccccc4)ccc3-c3ccc(-c4ccc5c(c4)[C@@]4(c6cc(C(=C(c7ccccc7)c7ccccc7)c7ccccc7)ccc6-5)c5cc(C)c(C)cc5-c5cccnc54)cc31)c1ncccc1-2. The summed E-state index contributed by atoms with van der Waals surface area (Å²) in [6, 6.07) is 114. The Morgan fingerprint density at radius 2 is 0.479 bits per heavy atom. The third kappa shape index (κ3) is 8.09. The lowest BCUT2D eigenvalue weighted by Crippen LogP contribution is -2.27. The minimum atomic E-state index is -0.752. The van der Waals surface area contributed by atoms with Crippen LogP contribution < -0.4 is 0 Å².